The minimum atomic E-state index is -1.05. The van der Waals surface area contributed by atoms with E-state index in [1.54, 1.807) is 0 Å². The minimum Gasteiger partial charge on any atom is -0.394 e. The van der Waals surface area contributed by atoms with Gasteiger partial charge < -0.3 is 24.8 Å². The van der Waals surface area contributed by atoms with Gasteiger partial charge in [0, 0.05) is 6.61 Å². The number of hydrogen-bond donors (Lipinski definition) is 3. The van der Waals surface area contributed by atoms with Gasteiger partial charge in [0.25, 0.3) is 0 Å². The van der Waals surface area contributed by atoms with Crippen molar-refractivity contribution < 1.29 is 24.8 Å². The summed E-state index contributed by atoms with van der Waals surface area (Å²) in [6.45, 7) is 2.71. The fourth-order valence-electron chi connectivity index (χ4n) is 3.61. The second-order valence-electron chi connectivity index (χ2n) is 8.03. The van der Waals surface area contributed by atoms with Crippen molar-refractivity contribution in [2.45, 2.75) is 115 Å². The summed E-state index contributed by atoms with van der Waals surface area (Å²) in [5.74, 6) is 0. The number of ether oxygens (including phenoxy) is 2. The highest BCUT2D eigenvalue weighted by Crippen LogP contribution is 2.20. The predicted molar refractivity (Wildman–Crippen MR) is 113 cm³/mol. The fraction of sp³-hybridized carbons (Fsp3) is 0.913. The van der Waals surface area contributed by atoms with Crippen molar-refractivity contribution in [2.75, 3.05) is 19.8 Å². The van der Waals surface area contributed by atoms with Crippen LogP contribution in [0, 0.1) is 0 Å². The Bertz CT molecular complexity index is 374. The molecule has 0 bridgehead atoms. The number of rotatable bonds is 18. The molecular formula is C23H44O5. The lowest BCUT2D eigenvalue weighted by Gasteiger charge is -2.20. The SMILES string of the molecule is CCCCCCCCCC/C=C/CCCCCO[C@@H]1CO[C@@H]([C@@H](O)CO)[C@H]1O. The molecule has 4 atom stereocenters. The molecule has 1 aliphatic rings. The summed E-state index contributed by atoms with van der Waals surface area (Å²) in [6, 6.07) is 0. The average molecular weight is 401 g/mol. The molecule has 0 radical (unpaired) electrons. The first-order valence-corrected chi connectivity index (χ1v) is 11.6. The average Bonchev–Trinajstić information content (AvgIpc) is 3.07. The Morgan fingerprint density at radius 1 is 0.929 bits per heavy atom. The van der Waals surface area contributed by atoms with E-state index in [1.165, 1.54) is 57.8 Å². The van der Waals surface area contributed by atoms with Gasteiger partial charge in [-0.1, -0.05) is 70.4 Å². The Morgan fingerprint density at radius 2 is 1.50 bits per heavy atom. The van der Waals surface area contributed by atoms with E-state index in [0.29, 0.717) is 6.61 Å². The third-order valence-corrected chi connectivity index (χ3v) is 5.47. The lowest BCUT2D eigenvalue weighted by atomic mass is 10.1. The molecule has 0 unspecified atom stereocenters. The molecule has 0 aromatic rings. The first kappa shape index (κ1) is 25.6. The van der Waals surface area contributed by atoms with Crippen molar-refractivity contribution >= 4 is 0 Å². The first-order chi connectivity index (χ1) is 13.7. The van der Waals surface area contributed by atoms with Crippen molar-refractivity contribution in [1.29, 1.82) is 0 Å². The molecule has 5 nitrogen and oxygen atoms in total. The standard InChI is InChI=1S/C23H44O5/c1-2-3-4-5-6-7-8-9-10-11-12-13-14-15-16-17-27-21-19-28-23(22(21)26)20(25)18-24/h11-12,20-26H,2-10,13-19H2,1H3/b12-11+/t20-,21+,22-,23-/m0/s1. The van der Waals surface area contributed by atoms with E-state index in [2.05, 4.69) is 19.1 Å². The van der Waals surface area contributed by atoms with Gasteiger partial charge in [0.2, 0.25) is 0 Å². The number of unbranched alkanes of at least 4 members (excludes halogenated alkanes) is 11. The Morgan fingerprint density at radius 3 is 2.11 bits per heavy atom. The topological polar surface area (TPSA) is 79.2 Å². The van der Waals surface area contributed by atoms with E-state index in [-0.39, 0.29) is 6.61 Å². The smallest absolute Gasteiger partial charge is 0.114 e. The van der Waals surface area contributed by atoms with Crippen molar-refractivity contribution in [3.05, 3.63) is 12.2 Å². The Balaban J connectivity index is 1.86. The van der Waals surface area contributed by atoms with Gasteiger partial charge in [-0.05, 0) is 32.1 Å². The van der Waals surface area contributed by atoms with Gasteiger partial charge >= 0.3 is 0 Å². The Labute approximate surface area is 172 Å². The van der Waals surface area contributed by atoms with Crippen LogP contribution in [0.1, 0.15) is 90.4 Å². The highest BCUT2D eigenvalue weighted by Gasteiger charge is 2.40. The molecule has 0 amide bonds. The van der Waals surface area contributed by atoms with Gasteiger partial charge in [0.15, 0.2) is 0 Å². The molecule has 0 aromatic carbocycles. The number of allylic oxidation sites excluding steroid dienone is 2. The highest BCUT2D eigenvalue weighted by atomic mass is 16.6. The summed E-state index contributed by atoms with van der Waals surface area (Å²) >= 11 is 0. The molecule has 28 heavy (non-hydrogen) atoms. The minimum absolute atomic E-state index is 0.268. The molecule has 1 aliphatic heterocycles. The maximum absolute atomic E-state index is 10.0. The van der Waals surface area contributed by atoms with Crippen LogP contribution in [0.4, 0.5) is 0 Å². The second kappa shape index (κ2) is 17.4. The van der Waals surface area contributed by atoms with Crippen molar-refractivity contribution in [2.24, 2.45) is 0 Å². The Hall–Kier alpha value is -0.460. The molecule has 0 aliphatic carbocycles. The molecule has 1 saturated heterocycles. The maximum Gasteiger partial charge on any atom is 0.114 e. The third-order valence-electron chi connectivity index (χ3n) is 5.47. The van der Waals surface area contributed by atoms with Crippen molar-refractivity contribution in [3.8, 4) is 0 Å². The molecule has 0 aromatic heterocycles. The van der Waals surface area contributed by atoms with E-state index in [0.717, 1.165) is 25.7 Å². The molecule has 166 valence electrons. The summed E-state index contributed by atoms with van der Waals surface area (Å²) in [4.78, 5) is 0. The fourth-order valence-corrected chi connectivity index (χ4v) is 3.61. The zero-order valence-electron chi connectivity index (χ0n) is 17.9. The van der Waals surface area contributed by atoms with Crippen LogP contribution < -0.4 is 0 Å². The van der Waals surface area contributed by atoms with Crippen LogP contribution >= 0.6 is 0 Å². The van der Waals surface area contributed by atoms with Gasteiger partial charge in [0.05, 0.1) is 13.2 Å². The molecule has 1 rings (SSSR count). The van der Waals surface area contributed by atoms with Gasteiger partial charge in [-0.15, -0.1) is 0 Å². The summed E-state index contributed by atoms with van der Waals surface area (Å²) in [7, 11) is 0. The van der Waals surface area contributed by atoms with Crippen LogP contribution in [0.15, 0.2) is 12.2 Å². The molecule has 1 fully saturated rings. The quantitative estimate of drug-likeness (QED) is 0.238. The van der Waals surface area contributed by atoms with Gasteiger partial charge in [0.1, 0.15) is 24.4 Å². The van der Waals surface area contributed by atoms with E-state index in [4.69, 9.17) is 14.6 Å². The zero-order valence-corrected chi connectivity index (χ0v) is 17.9. The van der Waals surface area contributed by atoms with Crippen molar-refractivity contribution in [1.82, 2.24) is 0 Å². The van der Waals surface area contributed by atoms with Crippen LogP contribution in [-0.4, -0.2) is 59.6 Å². The van der Waals surface area contributed by atoms with Crippen LogP contribution in [0.2, 0.25) is 0 Å². The summed E-state index contributed by atoms with van der Waals surface area (Å²) < 4.78 is 11.0. The van der Waals surface area contributed by atoms with E-state index >= 15 is 0 Å². The molecule has 1 heterocycles. The molecule has 3 N–H and O–H groups in total. The Kier molecular flexibility index (Phi) is 15.9. The first-order valence-electron chi connectivity index (χ1n) is 11.6. The number of hydrogen-bond acceptors (Lipinski definition) is 5. The van der Waals surface area contributed by atoms with Crippen LogP contribution in [0.3, 0.4) is 0 Å². The predicted octanol–water partition coefficient (Wildman–Crippen LogP) is 4.13. The van der Waals surface area contributed by atoms with Crippen LogP contribution in [-0.2, 0) is 9.47 Å². The lowest BCUT2D eigenvalue weighted by Crippen LogP contribution is -2.41. The zero-order chi connectivity index (χ0) is 20.5. The molecule has 0 spiro atoms. The lowest BCUT2D eigenvalue weighted by molar-refractivity contribution is -0.0730. The van der Waals surface area contributed by atoms with E-state index in [9.17, 15) is 10.2 Å². The second-order valence-corrected chi connectivity index (χ2v) is 8.03. The van der Waals surface area contributed by atoms with E-state index < -0.39 is 31.0 Å². The van der Waals surface area contributed by atoms with Gasteiger partial charge in [-0.2, -0.15) is 0 Å². The highest BCUT2D eigenvalue weighted by molar-refractivity contribution is 4.88. The molecule has 5 heteroatoms. The number of aliphatic hydroxyl groups is 3. The van der Waals surface area contributed by atoms with Crippen molar-refractivity contribution in [3.63, 3.8) is 0 Å². The third kappa shape index (κ3) is 11.5. The van der Waals surface area contributed by atoms with Gasteiger partial charge in [-0.3, -0.25) is 0 Å². The molecular weight excluding hydrogens is 356 g/mol. The monoisotopic (exact) mass is 400 g/mol. The van der Waals surface area contributed by atoms with Crippen LogP contribution in [0.5, 0.6) is 0 Å². The maximum atomic E-state index is 10.0. The number of aliphatic hydroxyl groups excluding tert-OH is 3. The van der Waals surface area contributed by atoms with E-state index in [1.807, 2.05) is 0 Å². The normalized spacial score (nSPS) is 23.6. The summed E-state index contributed by atoms with van der Waals surface area (Å²) in [5.41, 5.74) is 0. The largest absolute Gasteiger partial charge is 0.394 e. The molecule has 0 saturated carbocycles. The van der Waals surface area contributed by atoms with Crippen LogP contribution in [0.25, 0.3) is 0 Å². The summed E-state index contributed by atoms with van der Waals surface area (Å²) in [5, 5.41) is 28.5. The summed E-state index contributed by atoms with van der Waals surface area (Å²) in [6.07, 6.45) is 18.1. The van der Waals surface area contributed by atoms with Gasteiger partial charge in [-0.25, -0.2) is 0 Å².